The summed E-state index contributed by atoms with van der Waals surface area (Å²) in [4.78, 5) is 73.4. The first kappa shape index (κ1) is 33.4. The molecule has 0 saturated carbocycles. The minimum Gasteiger partial charge on any atom is -0.478 e. The Morgan fingerprint density at radius 1 is 0.419 bits per heavy atom. The normalized spacial score (nSPS) is 9.86. The van der Waals surface area contributed by atoms with Crippen molar-refractivity contribution >= 4 is 35.8 Å². The van der Waals surface area contributed by atoms with Crippen LogP contribution >= 0.6 is 0 Å². The molecule has 4 aromatic rings. The molecule has 0 amide bonds. The van der Waals surface area contributed by atoms with Crippen LogP contribution in [0.3, 0.4) is 0 Å². The van der Waals surface area contributed by atoms with Gasteiger partial charge in [-0.05, 0) is 48.5 Å². The zero-order valence-corrected chi connectivity index (χ0v) is 24.6. The van der Waals surface area contributed by atoms with Crippen molar-refractivity contribution in [2.45, 2.75) is 0 Å². The molecule has 0 bridgehead atoms. The average Bonchev–Trinajstić information content (AvgIpc) is 2.96. The quantitative estimate of drug-likeness (QED) is 0.150. The van der Waals surface area contributed by atoms with Crippen molar-refractivity contribution in [2.75, 3.05) is 0 Å². The number of hydrogen-bond donors (Lipinski definition) is 6. The Morgan fingerprint density at radius 2 is 0.744 bits per heavy atom. The third kappa shape index (κ3) is 8.11. The van der Waals surface area contributed by atoms with E-state index in [2.05, 4.69) is 9.97 Å². The minimum atomic E-state index is -1.36. The fourth-order valence-corrected chi connectivity index (χ4v) is 3.52. The molecule has 2 aromatic carbocycles. The van der Waals surface area contributed by atoms with Gasteiger partial charge in [-0.15, -0.1) is 0 Å². The molecule has 0 saturated heterocycles. The van der Waals surface area contributed by atoms with E-state index in [0.29, 0.717) is 22.5 Å². The molecule has 0 aliphatic carbocycles. The van der Waals surface area contributed by atoms with Crippen molar-refractivity contribution in [1.82, 2.24) is 9.97 Å². The van der Waals surface area contributed by atoms with Gasteiger partial charge in [-0.25, -0.2) is 28.8 Å². The third-order valence-corrected chi connectivity index (χ3v) is 5.57. The molecule has 6 N–H and O–H groups in total. The summed E-state index contributed by atoms with van der Waals surface area (Å²) in [5.74, 6) is -7.66. The number of nitrogens with zero attached hydrogens (tertiary/aromatic N) is 2. The number of carboxylic acid groups (broad SMARTS) is 6. The number of carboxylic acids is 6. The standard InChI is InChI=1S/2C14H9NO6.Zn/c2*16-12(17)8-2-4-11(15-6-8)7-1-3-9(13(18)19)10(5-7)14(20)21;/h2*1-6H,(H,16,17)(H,18,19)(H,20,21);. The van der Waals surface area contributed by atoms with Crippen molar-refractivity contribution in [3.05, 3.63) is 106 Å². The molecule has 0 radical (unpaired) electrons. The van der Waals surface area contributed by atoms with Crippen LogP contribution in [-0.4, -0.2) is 76.4 Å². The molecule has 2 aromatic heterocycles. The smallest absolute Gasteiger partial charge is 0.337 e. The van der Waals surface area contributed by atoms with Crippen LogP contribution in [-0.2, 0) is 19.5 Å². The molecule has 0 fully saturated rings. The predicted octanol–water partition coefficient (Wildman–Crippen LogP) is 3.68. The fourth-order valence-electron chi connectivity index (χ4n) is 3.52. The van der Waals surface area contributed by atoms with Crippen molar-refractivity contribution < 1.29 is 78.9 Å². The van der Waals surface area contributed by atoms with Gasteiger partial charge < -0.3 is 30.6 Å². The zero-order chi connectivity index (χ0) is 31.1. The Bertz CT molecular complexity index is 1610. The Labute approximate surface area is 253 Å². The summed E-state index contributed by atoms with van der Waals surface area (Å²) in [6, 6.07) is 13.1. The summed E-state index contributed by atoms with van der Waals surface area (Å²) >= 11 is 0. The molecule has 4 rings (SSSR count). The van der Waals surface area contributed by atoms with E-state index in [-0.39, 0.29) is 52.9 Å². The molecule has 0 spiro atoms. The van der Waals surface area contributed by atoms with Crippen LogP contribution in [0.2, 0.25) is 0 Å². The van der Waals surface area contributed by atoms with Crippen LogP contribution < -0.4 is 0 Å². The van der Waals surface area contributed by atoms with Gasteiger partial charge in [0, 0.05) is 43.0 Å². The topological polar surface area (TPSA) is 250 Å². The number of rotatable bonds is 8. The average molecular weight is 640 g/mol. The first-order valence-electron chi connectivity index (χ1n) is 11.4. The van der Waals surface area contributed by atoms with Crippen LogP contribution in [0.1, 0.15) is 62.1 Å². The minimum absolute atomic E-state index is 0. The number of hydrogen-bond acceptors (Lipinski definition) is 8. The van der Waals surface area contributed by atoms with Gasteiger partial charge >= 0.3 is 35.8 Å². The molecule has 43 heavy (non-hydrogen) atoms. The number of carbonyl (C=O) groups is 6. The van der Waals surface area contributed by atoms with Gasteiger partial charge in [0.15, 0.2) is 0 Å². The molecule has 0 atom stereocenters. The van der Waals surface area contributed by atoms with E-state index >= 15 is 0 Å². The zero-order valence-electron chi connectivity index (χ0n) is 21.7. The monoisotopic (exact) mass is 638 g/mol. The van der Waals surface area contributed by atoms with Crippen LogP contribution in [0.5, 0.6) is 0 Å². The molecule has 2 heterocycles. The number of benzene rings is 2. The van der Waals surface area contributed by atoms with Crippen LogP contribution in [0, 0.1) is 0 Å². The van der Waals surface area contributed by atoms with E-state index in [9.17, 15) is 28.8 Å². The maximum atomic E-state index is 11.1. The molecule has 0 unspecified atom stereocenters. The van der Waals surface area contributed by atoms with E-state index in [4.69, 9.17) is 30.6 Å². The summed E-state index contributed by atoms with van der Waals surface area (Å²) in [5.41, 5.74) is 0.0938. The molecule has 0 aliphatic heterocycles. The van der Waals surface area contributed by atoms with Crippen molar-refractivity contribution in [3.63, 3.8) is 0 Å². The maximum Gasteiger partial charge on any atom is 0.337 e. The largest absolute Gasteiger partial charge is 0.478 e. The van der Waals surface area contributed by atoms with E-state index in [1.54, 1.807) is 0 Å². The second-order valence-corrected chi connectivity index (χ2v) is 8.22. The summed E-state index contributed by atoms with van der Waals surface area (Å²) in [6.45, 7) is 0. The van der Waals surface area contributed by atoms with E-state index in [1.807, 2.05) is 0 Å². The molecular weight excluding hydrogens is 622 g/mol. The Hall–Kier alpha value is -5.82. The van der Waals surface area contributed by atoms with Crippen LogP contribution in [0.4, 0.5) is 0 Å². The van der Waals surface area contributed by atoms with Gasteiger partial charge in [-0.2, -0.15) is 0 Å². The van der Waals surface area contributed by atoms with Gasteiger partial charge in [0.05, 0.1) is 44.8 Å². The van der Waals surface area contributed by atoms with E-state index in [1.165, 1.54) is 60.7 Å². The maximum absolute atomic E-state index is 11.1. The first-order valence-corrected chi connectivity index (χ1v) is 11.4. The SMILES string of the molecule is O=C(O)c1ccc(-c2ccc(C(=O)O)c(C(=O)O)c2)nc1.O=C(O)c1ccc(-c2ccc(C(=O)O)c(C(=O)O)c2)nc1.[Zn]. The van der Waals surface area contributed by atoms with Crippen LogP contribution in [0.15, 0.2) is 73.1 Å². The second-order valence-electron chi connectivity index (χ2n) is 8.22. The van der Waals surface area contributed by atoms with Gasteiger partial charge in [-0.1, -0.05) is 12.1 Å². The Balaban J connectivity index is 0.000000293. The molecular formula is C28H18N2O12Zn. The predicted molar refractivity (Wildman–Crippen MR) is 141 cm³/mol. The van der Waals surface area contributed by atoms with E-state index < -0.39 is 35.8 Å². The molecule has 0 aliphatic rings. The fraction of sp³-hybridized carbons (Fsp3) is 0. The van der Waals surface area contributed by atoms with Gasteiger partial charge in [-0.3, -0.25) is 9.97 Å². The molecule has 214 valence electrons. The van der Waals surface area contributed by atoms with Crippen molar-refractivity contribution in [2.24, 2.45) is 0 Å². The van der Waals surface area contributed by atoms with Crippen LogP contribution in [0.25, 0.3) is 22.5 Å². The van der Waals surface area contributed by atoms with Gasteiger partial charge in [0.1, 0.15) is 0 Å². The Kier molecular flexibility index (Phi) is 11.0. The van der Waals surface area contributed by atoms with Gasteiger partial charge in [0.25, 0.3) is 0 Å². The Morgan fingerprint density at radius 3 is 0.977 bits per heavy atom. The van der Waals surface area contributed by atoms with Crippen molar-refractivity contribution in [3.8, 4) is 22.5 Å². The second kappa shape index (κ2) is 14.2. The first-order chi connectivity index (χ1) is 19.8. The summed E-state index contributed by atoms with van der Waals surface area (Å²) in [5, 5.41) is 53.5. The summed E-state index contributed by atoms with van der Waals surface area (Å²) in [6.07, 6.45) is 2.28. The molecule has 14 nitrogen and oxygen atoms in total. The van der Waals surface area contributed by atoms with Crippen molar-refractivity contribution in [1.29, 1.82) is 0 Å². The summed E-state index contributed by atoms with van der Waals surface area (Å²) < 4.78 is 0. The van der Waals surface area contributed by atoms with Gasteiger partial charge in [0.2, 0.25) is 0 Å². The number of aromatic carboxylic acids is 6. The summed E-state index contributed by atoms with van der Waals surface area (Å²) in [7, 11) is 0. The number of pyridine rings is 2. The third-order valence-electron chi connectivity index (χ3n) is 5.57. The molecule has 15 heteroatoms. The number of aromatic nitrogens is 2. The van der Waals surface area contributed by atoms with E-state index in [0.717, 1.165) is 12.4 Å².